The lowest BCUT2D eigenvalue weighted by atomic mass is 9.90. The molecular formula is C52H48F2N10O9. The first-order chi connectivity index (χ1) is 35.4. The Balaban J connectivity index is 0.000000139. The van der Waals surface area contributed by atoms with Crippen molar-refractivity contribution in [1.82, 2.24) is 44.4 Å². The molecule has 2 aliphatic rings. The normalized spacial score (nSPS) is 17.9. The van der Waals surface area contributed by atoms with E-state index in [9.17, 15) is 37.9 Å². The minimum Gasteiger partial charge on any atom is -0.481 e. The molecule has 10 aromatic rings. The SMILES string of the molecule is COc1ccc2ncc(=O)n(C3CCC(NCc4cc5c(=O)oc6ccc(F)cc6c5[nH]4)CC3)c2n1.NC1CCC(n2c(=O)cnc3ccc(CO)nc32)CC1.O=Cc1cc2c(=O)oc3ccc(F)cc3c2[nH]1. The van der Waals surface area contributed by atoms with Crippen molar-refractivity contribution in [3.05, 3.63) is 155 Å². The monoisotopic (exact) mass is 994 g/mol. The zero-order valence-electron chi connectivity index (χ0n) is 39.3. The van der Waals surface area contributed by atoms with Crippen LogP contribution >= 0.6 is 0 Å². The van der Waals surface area contributed by atoms with E-state index >= 15 is 0 Å². The Labute approximate surface area is 410 Å². The fourth-order valence-corrected chi connectivity index (χ4v) is 9.88. The lowest BCUT2D eigenvalue weighted by Crippen LogP contribution is -2.36. The number of aliphatic hydroxyl groups excluding tert-OH is 1. The second-order valence-corrected chi connectivity index (χ2v) is 18.2. The molecule has 6 N–H and O–H groups in total. The first-order valence-corrected chi connectivity index (χ1v) is 23.7. The minimum absolute atomic E-state index is 0.0274. The van der Waals surface area contributed by atoms with Gasteiger partial charge < -0.3 is 39.7 Å². The van der Waals surface area contributed by atoms with Crippen LogP contribution in [0, 0.1) is 11.6 Å². The van der Waals surface area contributed by atoms with Crippen LogP contribution < -0.4 is 38.2 Å². The number of H-pyrrole nitrogens is 2. The third-order valence-corrected chi connectivity index (χ3v) is 13.5. The maximum atomic E-state index is 13.8. The first-order valence-electron chi connectivity index (χ1n) is 23.7. The van der Waals surface area contributed by atoms with E-state index in [1.807, 2.05) is 6.07 Å². The molecule has 0 radical (unpaired) electrons. The van der Waals surface area contributed by atoms with Gasteiger partial charge in [-0.2, -0.15) is 4.98 Å². The molecule has 0 bridgehead atoms. The van der Waals surface area contributed by atoms with Crippen LogP contribution in [-0.2, 0) is 13.2 Å². The summed E-state index contributed by atoms with van der Waals surface area (Å²) >= 11 is 0. The fraction of sp³-hybridized carbons (Fsp3) is 0.288. The summed E-state index contributed by atoms with van der Waals surface area (Å²) in [7, 11) is 1.55. The van der Waals surface area contributed by atoms with Crippen LogP contribution in [0.3, 0.4) is 0 Å². The number of rotatable bonds is 8. The van der Waals surface area contributed by atoms with Gasteiger partial charge in [-0.05, 0) is 118 Å². The van der Waals surface area contributed by atoms with Gasteiger partial charge in [0.05, 0.1) is 59.3 Å². The predicted molar refractivity (Wildman–Crippen MR) is 268 cm³/mol. The summed E-state index contributed by atoms with van der Waals surface area (Å²) in [5, 5.41) is 14.4. The number of aliphatic hydroxyl groups is 1. The number of carbonyl (C=O) groups is 1. The van der Waals surface area contributed by atoms with Gasteiger partial charge in [0.25, 0.3) is 11.1 Å². The van der Waals surface area contributed by atoms with E-state index in [-0.39, 0.29) is 58.6 Å². The average Bonchev–Trinajstić information content (AvgIpc) is 4.06. The number of ether oxygens (including phenoxy) is 1. The van der Waals surface area contributed by atoms with Crippen molar-refractivity contribution in [2.24, 2.45) is 5.73 Å². The van der Waals surface area contributed by atoms with E-state index in [0.29, 0.717) is 79.5 Å². The molecule has 8 aromatic heterocycles. The van der Waals surface area contributed by atoms with Gasteiger partial charge in [0.15, 0.2) is 17.6 Å². The molecular weight excluding hydrogens is 947 g/mol. The van der Waals surface area contributed by atoms with Crippen LogP contribution in [0.5, 0.6) is 5.88 Å². The first kappa shape index (κ1) is 48.4. The Hall–Kier alpha value is -8.27. The van der Waals surface area contributed by atoms with Crippen LogP contribution in [0.4, 0.5) is 8.78 Å². The van der Waals surface area contributed by atoms with Gasteiger partial charge in [0.2, 0.25) is 5.88 Å². The van der Waals surface area contributed by atoms with Gasteiger partial charge in [-0.3, -0.25) is 23.5 Å². The van der Waals surface area contributed by atoms with Crippen molar-refractivity contribution < 1.29 is 32.3 Å². The number of halogens is 2. The molecule has 0 spiro atoms. The zero-order chi connectivity index (χ0) is 50.9. The number of nitrogens with one attached hydrogen (secondary N) is 3. The summed E-state index contributed by atoms with van der Waals surface area (Å²) in [5.74, 6) is -0.379. The number of hydrogen-bond acceptors (Lipinski definition) is 15. The minimum atomic E-state index is -0.552. The average molecular weight is 995 g/mol. The van der Waals surface area contributed by atoms with Crippen molar-refractivity contribution in [3.63, 3.8) is 0 Å². The molecule has 0 atom stereocenters. The van der Waals surface area contributed by atoms with Gasteiger partial charge in [0.1, 0.15) is 33.8 Å². The zero-order valence-corrected chi connectivity index (χ0v) is 39.3. The summed E-state index contributed by atoms with van der Waals surface area (Å²) < 4.78 is 46.0. The number of pyridine rings is 2. The Kier molecular flexibility index (Phi) is 13.6. The highest BCUT2D eigenvalue weighted by atomic mass is 19.1. The molecule has 12 rings (SSSR count). The molecule has 0 unspecified atom stereocenters. The van der Waals surface area contributed by atoms with E-state index in [1.165, 1.54) is 54.9 Å². The highest BCUT2D eigenvalue weighted by Crippen LogP contribution is 2.32. The number of aromatic nitrogens is 8. The van der Waals surface area contributed by atoms with E-state index < -0.39 is 22.9 Å². The van der Waals surface area contributed by atoms with E-state index in [4.69, 9.17) is 19.3 Å². The largest absolute Gasteiger partial charge is 0.481 e. The number of methoxy groups -OCH3 is 1. The smallest absolute Gasteiger partial charge is 0.345 e. The van der Waals surface area contributed by atoms with Crippen LogP contribution in [0.2, 0.25) is 0 Å². The summed E-state index contributed by atoms with van der Waals surface area (Å²) in [6, 6.07) is 18.8. The number of aromatic amines is 2. The van der Waals surface area contributed by atoms with Gasteiger partial charge in [0, 0.05) is 53.2 Å². The van der Waals surface area contributed by atoms with Crippen molar-refractivity contribution in [2.45, 2.75) is 88.7 Å². The molecule has 21 heteroatoms. The third-order valence-electron chi connectivity index (χ3n) is 13.5. The number of aldehydes is 1. The second-order valence-electron chi connectivity index (χ2n) is 18.2. The summed E-state index contributed by atoms with van der Waals surface area (Å²) in [6.45, 7) is 0.381. The van der Waals surface area contributed by atoms with Crippen molar-refractivity contribution in [3.8, 4) is 5.88 Å². The van der Waals surface area contributed by atoms with Crippen molar-refractivity contribution in [1.29, 1.82) is 0 Å². The van der Waals surface area contributed by atoms with E-state index in [0.717, 1.165) is 57.1 Å². The molecule has 8 heterocycles. The molecule has 2 aromatic carbocycles. The van der Waals surface area contributed by atoms with Crippen molar-refractivity contribution >= 4 is 72.4 Å². The molecule has 0 aliphatic heterocycles. The summed E-state index contributed by atoms with van der Waals surface area (Å²) in [6.07, 6.45) is 10.3. The van der Waals surface area contributed by atoms with Crippen molar-refractivity contribution in [2.75, 3.05) is 7.11 Å². The van der Waals surface area contributed by atoms with Crippen LogP contribution in [0.25, 0.3) is 66.1 Å². The Morgan fingerprint density at radius 2 is 1.26 bits per heavy atom. The molecule has 0 amide bonds. The quantitative estimate of drug-likeness (QED) is 0.0778. The van der Waals surface area contributed by atoms with Gasteiger partial charge in [-0.1, -0.05) is 0 Å². The number of hydrogen-bond donors (Lipinski definition) is 5. The molecule has 2 saturated carbocycles. The molecule has 73 heavy (non-hydrogen) atoms. The Bertz CT molecular complexity index is 3960. The highest BCUT2D eigenvalue weighted by Gasteiger charge is 2.26. The Morgan fingerprint density at radius 1 is 0.712 bits per heavy atom. The second kappa shape index (κ2) is 20.5. The molecule has 2 aliphatic carbocycles. The van der Waals surface area contributed by atoms with Gasteiger partial charge >= 0.3 is 11.3 Å². The molecule has 374 valence electrons. The maximum Gasteiger partial charge on any atom is 0.345 e. The van der Waals surface area contributed by atoms with E-state index in [1.54, 1.807) is 40.5 Å². The lowest BCUT2D eigenvalue weighted by Gasteiger charge is -2.30. The molecule has 2 fully saturated rings. The highest BCUT2D eigenvalue weighted by molar-refractivity contribution is 6.04. The van der Waals surface area contributed by atoms with Gasteiger partial charge in [-0.25, -0.2) is 33.3 Å². The third kappa shape index (κ3) is 9.89. The lowest BCUT2D eigenvalue weighted by molar-refractivity contribution is 0.111. The summed E-state index contributed by atoms with van der Waals surface area (Å²) in [4.78, 5) is 82.7. The van der Waals surface area contributed by atoms with Crippen LogP contribution in [-0.4, -0.2) is 69.6 Å². The van der Waals surface area contributed by atoms with Crippen LogP contribution in [0.1, 0.15) is 85.3 Å². The molecule has 0 saturated heterocycles. The van der Waals surface area contributed by atoms with Crippen LogP contribution in [0.15, 0.2) is 113 Å². The standard InChI is InChI=1S/C26H24FN5O4.C14H18N4O2.C12H6FNO3/c1-35-22-9-7-20-25(31-22)32(23(33)13-29-20)17-5-3-15(4-6-17)28-12-16-11-19-24(30-16)18-10-14(27)2-8-21(18)36-26(19)34;15-9-1-4-11(5-2-9)18-13(20)7-16-12-6-3-10(8-19)17-14(12)18;13-6-1-2-10-8(3-6)11-9(12(16)17-10)4-7(5-15)14-11/h2,7-11,13,15,17,28,30H,3-6,12H2,1H3;3,6-7,9,11,19H,1-2,4-5,8,15H2;1-5,14H. The molecule has 19 nitrogen and oxygen atoms in total. The predicted octanol–water partition coefficient (Wildman–Crippen LogP) is 6.75. The number of benzene rings is 2. The topological polar surface area (TPSA) is 272 Å². The number of nitrogens with two attached hydrogens (primary N) is 1. The fourth-order valence-electron chi connectivity index (χ4n) is 9.88. The Morgan fingerprint density at radius 3 is 1.84 bits per heavy atom. The number of nitrogens with zero attached hydrogens (tertiary/aromatic N) is 6. The maximum absolute atomic E-state index is 13.8. The number of fused-ring (bicyclic) bond motifs is 8. The van der Waals surface area contributed by atoms with E-state index in [2.05, 4.69) is 35.2 Å². The number of carbonyl (C=O) groups excluding carboxylic acids is 1. The summed E-state index contributed by atoms with van der Waals surface area (Å²) in [5.41, 5.74) is 10.3. The van der Waals surface area contributed by atoms with Gasteiger partial charge in [-0.15, -0.1) is 0 Å².